The Hall–Kier alpha value is -2.44. The Morgan fingerprint density at radius 1 is 1.15 bits per heavy atom. The molecule has 3 rings (SSSR count). The summed E-state index contributed by atoms with van der Waals surface area (Å²) in [5.74, 6) is 0.997. The van der Waals surface area contributed by atoms with Gasteiger partial charge in [0.1, 0.15) is 18.8 Å². The summed E-state index contributed by atoms with van der Waals surface area (Å²) in [4.78, 5) is 28.7. The standard InChI is InChI=1S/C19H26N2O5/c1-13-12-20(8-9-21(13)18(23)26-19(2,3)4)17(22)14-6-5-7-15-16(14)25-11-10-24-15/h5-7,13H,8-12H2,1-4H3/t13-/m0/s1. The van der Waals surface area contributed by atoms with Crippen LogP contribution in [0, 0.1) is 0 Å². The van der Waals surface area contributed by atoms with E-state index in [4.69, 9.17) is 14.2 Å². The van der Waals surface area contributed by atoms with Gasteiger partial charge in [0, 0.05) is 25.7 Å². The predicted molar refractivity (Wildman–Crippen MR) is 95.7 cm³/mol. The molecule has 1 fully saturated rings. The first-order valence-electron chi connectivity index (χ1n) is 8.94. The third-order valence-electron chi connectivity index (χ3n) is 4.34. The summed E-state index contributed by atoms with van der Waals surface area (Å²) < 4.78 is 16.7. The van der Waals surface area contributed by atoms with Crippen LogP contribution in [0.3, 0.4) is 0 Å². The minimum Gasteiger partial charge on any atom is -0.486 e. The minimum absolute atomic E-state index is 0.108. The molecule has 0 unspecified atom stereocenters. The summed E-state index contributed by atoms with van der Waals surface area (Å²) in [6, 6.07) is 5.22. The number of amides is 2. The second kappa shape index (κ2) is 7.05. The van der Waals surface area contributed by atoms with Crippen LogP contribution in [-0.4, -0.2) is 66.3 Å². The average molecular weight is 362 g/mol. The Morgan fingerprint density at radius 2 is 1.88 bits per heavy atom. The van der Waals surface area contributed by atoms with Crippen molar-refractivity contribution in [2.24, 2.45) is 0 Å². The number of hydrogen-bond acceptors (Lipinski definition) is 5. The smallest absolute Gasteiger partial charge is 0.410 e. The second-order valence-corrected chi connectivity index (χ2v) is 7.60. The Kier molecular flexibility index (Phi) is 4.98. The van der Waals surface area contributed by atoms with E-state index in [1.165, 1.54) is 0 Å². The average Bonchev–Trinajstić information content (AvgIpc) is 2.59. The molecule has 26 heavy (non-hydrogen) atoms. The van der Waals surface area contributed by atoms with Gasteiger partial charge in [0.2, 0.25) is 0 Å². The van der Waals surface area contributed by atoms with Crippen molar-refractivity contribution >= 4 is 12.0 Å². The lowest BCUT2D eigenvalue weighted by atomic mass is 10.1. The molecule has 0 radical (unpaired) electrons. The lowest BCUT2D eigenvalue weighted by Gasteiger charge is -2.40. The summed E-state index contributed by atoms with van der Waals surface area (Å²) in [6.45, 7) is 9.70. The fourth-order valence-corrected chi connectivity index (χ4v) is 3.15. The van der Waals surface area contributed by atoms with Crippen molar-refractivity contribution in [3.05, 3.63) is 23.8 Å². The maximum Gasteiger partial charge on any atom is 0.410 e. The van der Waals surface area contributed by atoms with E-state index in [1.54, 1.807) is 28.0 Å². The number of carbonyl (C=O) groups is 2. The van der Waals surface area contributed by atoms with Gasteiger partial charge in [0.05, 0.1) is 5.56 Å². The van der Waals surface area contributed by atoms with Crippen LogP contribution in [0.4, 0.5) is 4.79 Å². The van der Waals surface area contributed by atoms with Crippen molar-refractivity contribution in [2.45, 2.75) is 39.3 Å². The van der Waals surface area contributed by atoms with Gasteiger partial charge in [-0.2, -0.15) is 0 Å². The highest BCUT2D eigenvalue weighted by molar-refractivity contribution is 5.98. The van der Waals surface area contributed by atoms with Gasteiger partial charge >= 0.3 is 6.09 Å². The number of fused-ring (bicyclic) bond motifs is 1. The van der Waals surface area contributed by atoms with Gasteiger partial charge in [0.15, 0.2) is 11.5 Å². The van der Waals surface area contributed by atoms with Gasteiger partial charge in [-0.15, -0.1) is 0 Å². The Balaban J connectivity index is 1.69. The van der Waals surface area contributed by atoms with Crippen LogP contribution in [0.15, 0.2) is 18.2 Å². The fourth-order valence-electron chi connectivity index (χ4n) is 3.15. The number of hydrogen-bond donors (Lipinski definition) is 0. The topological polar surface area (TPSA) is 68.3 Å². The molecule has 2 amide bonds. The molecule has 0 spiro atoms. The van der Waals surface area contributed by atoms with E-state index in [-0.39, 0.29) is 18.0 Å². The van der Waals surface area contributed by atoms with Crippen LogP contribution in [0.1, 0.15) is 38.1 Å². The largest absolute Gasteiger partial charge is 0.486 e. The second-order valence-electron chi connectivity index (χ2n) is 7.60. The molecule has 1 atom stereocenters. The maximum atomic E-state index is 13.0. The molecule has 1 saturated heterocycles. The van der Waals surface area contributed by atoms with Crippen molar-refractivity contribution in [1.82, 2.24) is 9.80 Å². The zero-order valence-corrected chi connectivity index (χ0v) is 15.8. The molecule has 2 aliphatic rings. The first-order valence-corrected chi connectivity index (χ1v) is 8.94. The number of carbonyl (C=O) groups excluding carboxylic acids is 2. The monoisotopic (exact) mass is 362 g/mol. The zero-order chi connectivity index (χ0) is 18.9. The van der Waals surface area contributed by atoms with Gasteiger partial charge in [-0.05, 0) is 39.8 Å². The first kappa shape index (κ1) is 18.4. The molecule has 7 nitrogen and oxygen atoms in total. The summed E-state index contributed by atoms with van der Waals surface area (Å²) in [5, 5.41) is 0. The van der Waals surface area contributed by atoms with Crippen LogP contribution in [0.25, 0.3) is 0 Å². The Bertz CT molecular complexity index is 698. The summed E-state index contributed by atoms with van der Waals surface area (Å²) in [7, 11) is 0. The number of nitrogens with zero attached hydrogens (tertiary/aromatic N) is 2. The molecule has 7 heteroatoms. The summed E-state index contributed by atoms with van der Waals surface area (Å²) >= 11 is 0. The highest BCUT2D eigenvalue weighted by Crippen LogP contribution is 2.34. The molecule has 0 bridgehead atoms. The number of rotatable bonds is 1. The molecule has 0 aliphatic carbocycles. The Morgan fingerprint density at radius 3 is 2.58 bits per heavy atom. The molecule has 2 heterocycles. The maximum absolute atomic E-state index is 13.0. The summed E-state index contributed by atoms with van der Waals surface area (Å²) in [5.41, 5.74) is -0.0374. The molecule has 1 aromatic rings. The van der Waals surface area contributed by atoms with Crippen molar-refractivity contribution < 1.29 is 23.8 Å². The molecule has 0 N–H and O–H groups in total. The van der Waals surface area contributed by atoms with E-state index in [0.29, 0.717) is 49.9 Å². The predicted octanol–water partition coefficient (Wildman–Crippen LogP) is 2.54. The number of benzene rings is 1. The molecule has 0 saturated carbocycles. The molecular formula is C19H26N2O5. The molecule has 2 aliphatic heterocycles. The van der Waals surface area contributed by atoms with Gasteiger partial charge in [-0.3, -0.25) is 4.79 Å². The van der Waals surface area contributed by atoms with Crippen molar-refractivity contribution in [3.8, 4) is 11.5 Å². The van der Waals surface area contributed by atoms with Gasteiger partial charge in [0.25, 0.3) is 5.91 Å². The van der Waals surface area contributed by atoms with E-state index in [2.05, 4.69) is 0 Å². The van der Waals surface area contributed by atoms with Crippen molar-refractivity contribution in [1.29, 1.82) is 0 Å². The van der Waals surface area contributed by atoms with Gasteiger partial charge in [-0.25, -0.2) is 4.79 Å². The minimum atomic E-state index is -0.538. The number of ether oxygens (including phenoxy) is 3. The zero-order valence-electron chi connectivity index (χ0n) is 15.8. The highest BCUT2D eigenvalue weighted by atomic mass is 16.6. The normalized spacial score (nSPS) is 19.9. The molecule has 0 aromatic heterocycles. The molecule has 1 aromatic carbocycles. The highest BCUT2D eigenvalue weighted by Gasteiger charge is 2.34. The molecule has 142 valence electrons. The fraction of sp³-hybridized carbons (Fsp3) is 0.579. The van der Waals surface area contributed by atoms with Crippen LogP contribution < -0.4 is 9.47 Å². The molecular weight excluding hydrogens is 336 g/mol. The van der Waals surface area contributed by atoms with Gasteiger partial charge < -0.3 is 24.0 Å². The third-order valence-corrected chi connectivity index (χ3v) is 4.34. The van der Waals surface area contributed by atoms with E-state index in [0.717, 1.165) is 0 Å². The number of para-hydroxylation sites is 1. The number of piperazine rings is 1. The van der Waals surface area contributed by atoms with Crippen molar-refractivity contribution in [3.63, 3.8) is 0 Å². The van der Waals surface area contributed by atoms with E-state index >= 15 is 0 Å². The van der Waals surface area contributed by atoms with Crippen LogP contribution >= 0.6 is 0 Å². The van der Waals surface area contributed by atoms with Crippen molar-refractivity contribution in [2.75, 3.05) is 32.8 Å². The van der Waals surface area contributed by atoms with E-state index in [9.17, 15) is 9.59 Å². The Labute approximate surface area is 153 Å². The first-order chi connectivity index (χ1) is 12.3. The van der Waals surface area contributed by atoms with Gasteiger partial charge in [-0.1, -0.05) is 6.07 Å². The SMILES string of the molecule is C[C@H]1CN(C(=O)c2cccc3c2OCCO3)CCN1C(=O)OC(C)(C)C. The lowest BCUT2D eigenvalue weighted by molar-refractivity contribution is 0.00189. The lowest BCUT2D eigenvalue weighted by Crippen LogP contribution is -2.56. The van der Waals surface area contributed by atoms with Crippen LogP contribution in [0.2, 0.25) is 0 Å². The van der Waals surface area contributed by atoms with E-state index in [1.807, 2.05) is 27.7 Å². The van der Waals surface area contributed by atoms with E-state index < -0.39 is 5.60 Å². The quantitative estimate of drug-likeness (QED) is 0.768. The summed E-state index contributed by atoms with van der Waals surface area (Å²) in [6.07, 6.45) is -0.342. The third kappa shape index (κ3) is 3.86. The van der Waals surface area contributed by atoms with Crippen LogP contribution in [0.5, 0.6) is 11.5 Å². The van der Waals surface area contributed by atoms with Crippen LogP contribution in [-0.2, 0) is 4.74 Å².